The Morgan fingerprint density at radius 3 is 2.42 bits per heavy atom. The highest BCUT2D eigenvalue weighted by molar-refractivity contribution is 7.10. The molecule has 0 unspecified atom stereocenters. The average molecular weight is 519 g/mol. The Morgan fingerprint density at radius 1 is 0.944 bits per heavy atom. The van der Waals surface area contributed by atoms with Crippen LogP contribution in [0.25, 0.3) is 6.08 Å². The molecule has 0 aliphatic carbocycles. The molecule has 2 N–H and O–H groups in total. The molecule has 182 valence electrons. The summed E-state index contributed by atoms with van der Waals surface area (Å²) in [5.41, 5.74) is 1.82. The number of halogens is 1. The number of hydrogen-bond donors (Lipinski definition) is 2. The summed E-state index contributed by atoms with van der Waals surface area (Å²) in [7, 11) is 1.59. The summed E-state index contributed by atoms with van der Waals surface area (Å²) in [6.45, 7) is 1.90. The fraction of sp³-hybridized carbons (Fsp3) is 0.0714. The van der Waals surface area contributed by atoms with E-state index < -0.39 is 11.8 Å². The Kier molecular flexibility index (Phi) is 8.05. The van der Waals surface area contributed by atoms with Crippen LogP contribution in [0.3, 0.4) is 0 Å². The number of thiophene rings is 1. The minimum Gasteiger partial charge on any atom is -0.497 e. The topological polar surface area (TPSA) is 76.7 Å². The first kappa shape index (κ1) is 25.0. The zero-order valence-electron chi connectivity index (χ0n) is 19.6. The van der Waals surface area contributed by atoms with Crippen molar-refractivity contribution in [2.75, 3.05) is 12.4 Å². The standard InChI is InChI=1S/C28H23ClN2O4S/c1-18-5-3-6-19(15-18)27(32)31-25(17-23-7-4-14-36-23)28(33)30-24-16-20(29)8-13-26(24)35-22-11-9-21(34-2)10-12-22/h3-17H,1-2H3,(H,30,33)(H,31,32)/b25-17-. The van der Waals surface area contributed by atoms with Gasteiger partial charge in [-0.05, 0) is 79.0 Å². The van der Waals surface area contributed by atoms with E-state index in [1.807, 2.05) is 30.5 Å². The molecule has 0 bridgehead atoms. The van der Waals surface area contributed by atoms with Gasteiger partial charge in [-0.15, -0.1) is 11.3 Å². The fourth-order valence-electron chi connectivity index (χ4n) is 3.30. The quantitative estimate of drug-likeness (QED) is 0.248. The van der Waals surface area contributed by atoms with E-state index in [1.165, 1.54) is 11.3 Å². The van der Waals surface area contributed by atoms with Crippen molar-refractivity contribution >= 4 is 46.5 Å². The predicted octanol–water partition coefficient (Wildman–Crippen LogP) is 6.92. The lowest BCUT2D eigenvalue weighted by Gasteiger charge is -2.15. The van der Waals surface area contributed by atoms with E-state index in [9.17, 15) is 9.59 Å². The van der Waals surface area contributed by atoms with Gasteiger partial charge in [0.15, 0.2) is 5.75 Å². The van der Waals surface area contributed by atoms with Crippen molar-refractivity contribution in [3.63, 3.8) is 0 Å². The number of anilines is 1. The summed E-state index contributed by atoms with van der Waals surface area (Å²) >= 11 is 7.66. The Balaban J connectivity index is 1.60. The van der Waals surface area contributed by atoms with E-state index in [-0.39, 0.29) is 5.70 Å². The van der Waals surface area contributed by atoms with Gasteiger partial charge in [-0.25, -0.2) is 0 Å². The van der Waals surface area contributed by atoms with Crippen molar-refractivity contribution < 1.29 is 19.1 Å². The minimum absolute atomic E-state index is 0.0827. The molecule has 0 fully saturated rings. The molecule has 0 spiro atoms. The molecule has 1 aromatic heterocycles. The number of nitrogens with one attached hydrogen (secondary N) is 2. The summed E-state index contributed by atoms with van der Waals surface area (Å²) in [4.78, 5) is 27.1. The summed E-state index contributed by atoms with van der Waals surface area (Å²) in [6, 6.07) is 22.8. The number of carbonyl (C=O) groups excluding carboxylic acids is 2. The number of methoxy groups -OCH3 is 1. The highest BCUT2D eigenvalue weighted by Crippen LogP contribution is 2.33. The molecular weight excluding hydrogens is 496 g/mol. The molecule has 4 aromatic rings. The number of ether oxygens (including phenoxy) is 2. The van der Waals surface area contributed by atoms with E-state index in [0.29, 0.717) is 33.5 Å². The van der Waals surface area contributed by atoms with E-state index >= 15 is 0 Å². The molecule has 6 nitrogen and oxygen atoms in total. The Morgan fingerprint density at radius 2 is 1.72 bits per heavy atom. The monoisotopic (exact) mass is 518 g/mol. The first-order chi connectivity index (χ1) is 17.4. The van der Waals surface area contributed by atoms with E-state index in [1.54, 1.807) is 73.8 Å². The molecule has 3 aromatic carbocycles. The van der Waals surface area contributed by atoms with Gasteiger partial charge in [-0.2, -0.15) is 0 Å². The molecule has 0 saturated carbocycles. The van der Waals surface area contributed by atoms with Crippen LogP contribution in [-0.2, 0) is 4.79 Å². The number of benzene rings is 3. The van der Waals surface area contributed by atoms with Crippen molar-refractivity contribution in [2.24, 2.45) is 0 Å². The van der Waals surface area contributed by atoms with Crippen LogP contribution in [0.15, 0.2) is 89.9 Å². The number of hydrogen-bond acceptors (Lipinski definition) is 5. The normalized spacial score (nSPS) is 11.0. The van der Waals surface area contributed by atoms with E-state index in [2.05, 4.69) is 10.6 Å². The van der Waals surface area contributed by atoms with Crippen LogP contribution in [-0.4, -0.2) is 18.9 Å². The highest BCUT2D eigenvalue weighted by Gasteiger charge is 2.18. The smallest absolute Gasteiger partial charge is 0.272 e. The van der Waals surface area contributed by atoms with Crippen molar-refractivity contribution in [2.45, 2.75) is 6.92 Å². The molecule has 1 heterocycles. The molecule has 0 aliphatic heterocycles. The lowest BCUT2D eigenvalue weighted by Crippen LogP contribution is -2.30. The van der Waals surface area contributed by atoms with Gasteiger partial charge in [0.05, 0.1) is 12.8 Å². The number of aryl methyl sites for hydroxylation is 1. The van der Waals surface area contributed by atoms with Crippen LogP contribution >= 0.6 is 22.9 Å². The summed E-state index contributed by atoms with van der Waals surface area (Å²) in [6.07, 6.45) is 1.63. The molecule has 2 amide bonds. The largest absolute Gasteiger partial charge is 0.497 e. The van der Waals surface area contributed by atoms with Crippen LogP contribution < -0.4 is 20.1 Å². The van der Waals surface area contributed by atoms with Crippen LogP contribution in [0.5, 0.6) is 17.2 Å². The maximum absolute atomic E-state index is 13.4. The van der Waals surface area contributed by atoms with Gasteiger partial charge in [-0.1, -0.05) is 35.4 Å². The number of amides is 2. The first-order valence-corrected chi connectivity index (χ1v) is 12.2. The molecule has 4 rings (SSSR count). The minimum atomic E-state index is -0.522. The van der Waals surface area contributed by atoms with Crippen LogP contribution in [0, 0.1) is 6.92 Å². The lowest BCUT2D eigenvalue weighted by atomic mass is 10.1. The first-order valence-electron chi connectivity index (χ1n) is 11.0. The third-order valence-electron chi connectivity index (χ3n) is 5.08. The van der Waals surface area contributed by atoms with Gasteiger partial charge in [0.2, 0.25) is 0 Å². The third-order valence-corrected chi connectivity index (χ3v) is 6.13. The predicted molar refractivity (Wildman–Crippen MR) is 144 cm³/mol. The fourth-order valence-corrected chi connectivity index (χ4v) is 4.13. The Hall–Kier alpha value is -4.07. The molecule has 0 radical (unpaired) electrons. The summed E-state index contributed by atoms with van der Waals surface area (Å²) in [5, 5.41) is 7.87. The zero-order valence-corrected chi connectivity index (χ0v) is 21.2. The molecule has 0 atom stereocenters. The van der Waals surface area contributed by atoms with Crippen molar-refractivity contribution in [3.05, 3.63) is 111 Å². The summed E-state index contributed by atoms with van der Waals surface area (Å²) < 4.78 is 11.2. The van der Waals surface area contributed by atoms with Gasteiger partial charge >= 0.3 is 0 Å². The SMILES string of the molecule is COc1ccc(Oc2ccc(Cl)cc2NC(=O)/C(=C/c2cccs2)NC(=O)c2cccc(C)c2)cc1. The number of rotatable bonds is 8. The Labute approximate surface area is 218 Å². The van der Waals surface area contributed by atoms with Gasteiger partial charge in [-0.3, -0.25) is 9.59 Å². The average Bonchev–Trinajstić information content (AvgIpc) is 3.39. The zero-order chi connectivity index (χ0) is 25.5. The molecular formula is C28H23ClN2O4S. The van der Waals surface area contributed by atoms with Gasteiger partial charge < -0.3 is 20.1 Å². The van der Waals surface area contributed by atoms with Crippen LogP contribution in [0.4, 0.5) is 5.69 Å². The molecule has 8 heteroatoms. The Bertz CT molecular complexity index is 1400. The second kappa shape index (κ2) is 11.6. The highest BCUT2D eigenvalue weighted by atomic mass is 35.5. The van der Waals surface area contributed by atoms with Crippen LogP contribution in [0.2, 0.25) is 5.02 Å². The second-order valence-electron chi connectivity index (χ2n) is 7.77. The molecule has 0 aliphatic rings. The van der Waals surface area contributed by atoms with Gasteiger partial charge in [0.1, 0.15) is 17.2 Å². The van der Waals surface area contributed by atoms with Gasteiger partial charge in [0, 0.05) is 15.5 Å². The lowest BCUT2D eigenvalue weighted by molar-refractivity contribution is -0.113. The maximum Gasteiger partial charge on any atom is 0.272 e. The van der Waals surface area contributed by atoms with Crippen molar-refractivity contribution in [3.8, 4) is 17.2 Å². The number of carbonyl (C=O) groups is 2. The third kappa shape index (κ3) is 6.53. The van der Waals surface area contributed by atoms with Gasteiger partial charge in [0.25, 0.3) is 11.8 Å². The second-order valence-corrected chi connectivity index (χ2v) is 9.18. The summed E-state index contributed by atoms with van der Waals surface area (Å²) in [5.74, 6) is 0.720. The molecule has 0 saturated heterocycles. The van der Waals surface area contributed by atoms with E-state index in [0.717, 1.165) is 10.4 Å². The van der Waals surface area contributed by atoms with E-state index in [4.69, 9.17) is 21.1 Å². The molecule has 36 heavy (non-hydrogen) atoms. The van der Waals surface area contributed by atoms with Crippen molar-refractivity contribution in [1.29, 1.82) is 0 Å². The van der Waals surface area contributed by atoms with Crippen LogP contribution in [0.1, 0.15) is 20.8 Å². The van der Waals surface area contributed by atoms with Crippen molar-refractivity contribution in [1.82, 2.24) is 5.32 Å². The maximum atomic E-state index is 13.4.